The molecule has 0 radical (unpaired) electrons. The number of amides is 2. The number of hydrogen-bond acceptors (Lipinski definition) is 4. The second-order valence-corrected chi connectivity index (χ2v) is 10.5. The molecular formula is C31H30N2O4S. The third kappa shape index (κ3) is 6.95. The van der Waals surface area contributed by atoms with Crippen molar-refractivity contribution in [2.24, 2.45) is 5.92 Å². The van der Waals surface area contributed by atoms with Crippen LogP contribution in [0.1, 0.15) is 24.5 Å². The summed E-state index contributed by atoms with van der Waals surface area (Å²) in [6.45, 7) is 2.16. The van der Waals surface area contributed by atoms with Gasteiger partial charge in [-0.05, 0) is 59.9 Å². The zero-order valence-electron chi connectivity index (χ0n) is 21.2. The lowest BCUT2D eigenvalue weighted by Crippen LogP contribution is -2.45. The quantitative estimate of drug-likeness (QED) is 0.274. The molecule has 0 fully saturated rings. The predicted octanol–water partition coefficient (Wildman–Crippen LogP) is 5.56. The van der Waals surface area contributed by atoms with E-state index < -0.39 is 27.8 Å². The molecule has 7 heteroatoms. The first-order valence-electron chi connectivity index (χ1n) is 12.5. The Kier molecular flexibility index (Phi) is 8.71. The fraction of sp³-hybridized carbons (Fsp3) is 0.161. The van der Waals surface area contributed by atoms with E-state index in [9.17, 15) is 18.0 Å². The van der Waals surface area contributed by atoms with Gasteiger partial charge in [0.2, 0.25) is 11.8 Å². The van der Waals surface area contributed by atoms with Gasteiger partial charge in [-0.2, -0.15) is 0 Å². The number of anilines is 1. The lowest BCUT2D eigenvalue weighted by atomic mass is 9.96. The van der Waals surface area contributed by atoms with Crippen LogP contribution in [0.2, 0.25) is 0 Å². The van der Waals surface area contributed by atoms with Crippen molar-refractivity contribution in [1.82, 2.24) is 4.72 Å². The number of carbonyl (C=O) groups excluding carboxylic acids is 2. The van der Waals surface area contributed by atoms with E-state index in [0.717, 1.165) is 21.7 Å². The molecule has 0 aliphatic carbocycles. The van der Waals surface area contributed by atoms with Crippen LogP contribution in [-0.4, -0.2) is 26.8 Å². The second-order valence-electron chi connectivity index (χ2n) is 8.92. The molecule has 0 bridgehead atoms. The Labute approximate surface area is 223 Å². The molecule has 1 unspecified atom stereocenters. The van der Waals surface area contributed by atoms with E-state index in [1.165, 1.54) is 11.0 Å². The number of aryl methyl sites for hydroxylation is 1. The Morgan fingerprint density at radius 3 is 2.16 bits per heavy atom. The highest BCUT2D eigenvalue weighted by Gasteiger charge is 2.32. The molecule has 0 saturated carbocycles. The van der Waals surface area contributed by atoms with Gasteiger partial charge in [-0.15, -0.1) is 0 Å². The summed E-state index contributed by atoms with van der Waals surface area (Å²) in [6, 6.07) is 31.9. The highest BCUT2D eigenvalue weighted by molar-refractivity contribution is 7.93. The summed E-state index contributed by atoms with van der Waals surface area (Å²) < 4.78 is 27.6. The van der Waals surface area contributed by atoms with E-state index in [1.807, 2.05) is 73.7 Å². The number of nitrogens with one attached hydrogen (secondary N) is 1. The number of fused-ring (bicyclic) bond motifs is 1. The Morgan fingerprint density at radius 1 is 0.842 bits per heavy atom. The average Bonchev–Trinajstić information content (AvgIpc) is 2.93. The van der Waals surface area contributed by atoms with Crippen molar-refractivity contribution in [3.8, 4) is 0 Å². The molecule has 1 N–H and O–H groups in total. The molecule has 0 aliphatic heterocycles. The first kappa shape index (κ1) is 26.8. The van der Waals surface area contributed by atoms with E-state index in [2.05, 4.69) is 4.72 Å². The van der Waals surface area contributed by atoms with Gasteiger partial charge in [0.25, 0.3) is 10.0 Å². The summed E-state index contributed by atoms with van der Waals surface area (Å²) in [4.78, 5) is 28.5. The molecule has 0 heterocycles. The average molecular weight is 527 g/mol. The predicted molar refractivity (Wildman–Crippen MR) is 153 cm³/mol. The van der Waals surface area contributed by atoms with Gasteiger partial charge in [0.15, 0.2) is 0 Å². The van der Waals surface area contributed by atoms with Crippen LogP contribution < -0.4 is 9.62 Å². The molecule has 194 valence electrons. The molecule has 1 atom stereocenters. The van der Waals surface area contributed by atoms with Crippen molar-refractivity contribution in [3.05, 3.63) is 120 Å². The van der Waals surface area contributed by atoms with Crippen molar-refractivity contribution in [1.29, 1.82) is 0 Å². The van der Waals surface area contributed by atoms with Crippen molar-refractivity contribution in [2.75, 3.05) is 11.4 Å². The number of hydrogen-bond donors (Lipinski definition) is 1. The molecule has 0 aliphatic rings. The fourth-order valence-electron chi connectivity index (χ4n) is 4.31. The molecule has 0 saturated heterocycles. The van der Waals surface area contributed by atoms with E-state index in [0.29, 0.717) is 24.2 Å². The van der Waals surface area contributed by atoms with E-state index in [-0.39, 0.29) is 6.42 Å². The summed E-state index contributed by atoms with van der Waals surface area (Å²) in [6.07, 6.45) is 2.00. The maximum atomic E-state index is 13.7. The summed E-state index contributed by atoms with van der Waals surface area (Å²) in [5.41, 5.74) is 2.29. The summed E-state index contributed by atoms with van der Waals surface area (Å²) in [5, 5.41) is 3.10. The van der Waals surface area contributed by atoms with Crippen LogP contribution in [0.25, 0.3) is 16.8 Å². The molecule has 0 spiro atoms. The number of sulfonamides is 1. The van der Waals surface area contributed by atoms with E-state index in [1.54, 1.807) is 36.4 Å². The normalized spacial score (nSPS) is 12.3. The van der Waals surface area contributed by atoms with Gasteiger partial charge in [0.05, 0.1) is 5.41 Å². The van der Waals surface area contributed by atoms with Crippen LogP contribution in [0.3, 0.4) is 0 Å². The van der Waals surface area contributed by atoms with Gasteiger partial charge < -0.3 is 4.90 Å². The molecular weight excluding hydrogens is 496 g/mol. The molecule has 38 heavy (non-hydrogen) atoms. The first-order chi connectivity index (χ1) is 18.4. The Bertz CT molecular complexity index is 1530. The van der Waals surface area contributed by atoms with Gasteiger partial charge in [-0.3, -0.25) is 9.59 Å². The Morgan fingerprint density at radius 2 is 1.47 bits per heavy atom. The van der Waals surface area contributed by atoms with E-state index >= 15 is 0 Å². The van der Waals surface area contributed by atoms with Crippen LogP contribution in [0.15, 0.2) is 109 Å². The van der Waals surface area contributed by atoms with Crippen molar-refractivity contribution >= 4 is 44.4 Å². The lowest BCUT2D eigenvalue weighted by molar-refractivity contribution is -0.132. The maximum Gasteiger partial charge on any atom is 0.257 e. The number of para-hydroxylation sites is 1. The van der Waals surface area contributed by atoms with Gasteiger partial charge in [-0.25, -0.2) is 13.1 Å². The standard InChI is InChI=1S/C31H30N2O4S/c1-2-33(28-15-7-4-8-16-28)31(35)29(20-18-25-17-19-26-13-9-10-14-27(26)23-25)30(34)32-38(36,37)22-21-24-11-5-3-6-12-24/h3-17,19,21-23,29H,2,18,20H2,1H3,(H,32,34). The minimum Gasteiger partial charge on any atom is -0.312 e. The zero-order valence-corrected chi connectivity index (χ0v) is 22.0. The van der Waals surface area contributed by atoms with Crippen LogP contribution in [0, 0.1) is 5.92 Å². The third-order valence-corrected chi connectivity index (χ3v) is 7.26. The number of carbonyl (C=O) groups is 2. The molecule has 2 amide bonds. The molecule has 0 aromatic heterocycles. The third-order valence-electron chi connectivity index (χ3n) is 6.28. The largest absolute Gasteiger partial charge is 0.312 e. The van der Waals surface area contributed by atoms with E-state index in [4.69, 9.17) is 0 Å². The van der Waals surface area contributed by atoms with Crippen LogP contribution in [0.5, 0.6) is 0 Å². The molecule has 6 nitrogen and oxygen atoms in total. The highest BCUT2D eigenvalue weighted by atomic mass is 32.2. The molecule has 4 aromatic rings. The molecule has 4 rings (SSSR count). The number of rotatable bonds is 10. The summed E-state index contributed by atoms with van der Waals surface area (Å²) >= 11 is 0. The van der Waals surface area contributed by atoms with Gasteiger partial charge >= 0.3 is 0 Å². The Balaban J connectivity index is 1.57. The van der Waals surface area contributed by atoms with Crippen molar-refractivity contribution in [3.63, 3.8) is 0 Å². The second kappa shape index (κ2) is 12.3. The van der Waals surface area contributed by atoms with Crippen LogP contribution >= 0.6 is 0 Å². The number of benzene rings is 4. The SMILES string of the molecule is CCN(C(=O)C(CCc1ccc2ccccc2c1)C(=O)NS(=O)(=O)C=Cc1ccccc1)c1ccccc1. The minimum atomic E-state index is -4.12. The first-order valence-corrected chi connectivity index (χ1v) is 14.0. The maximum absolute atomic E-state index is 13.7. The van der Waals surface area contributed by atoms with Crippen molar-refractivity contribution < 1.29 is 18.0 Å². The van der Waals surface area contributed by atoms with Crippen LogP contribution in [-0.2, 0) is 26.0 Å². The zero-order chi connectivity index (χ0) is 27.0. The summed E-state index contributed by atoms with van der Waals surface area (Å²) in [5.74, 6) is -2.48. The van der Waals surface area contributed by atoms with Gasteiger partial charge in [0, 0.05) is 12.2 Å². The highest BCUT2D eigenvalue weighted by Crippen LogP contribution is 2.22. The summed E-state index contributed by atoms with van der Waals surface area (Å²) in [7, 11) is -4.12. The smallest absolute Gasteiger partial charge is 0.257 e. The van der Waals surface area contributed by atoms with Gasteiger partial charge in [0.1, 0.15) is 5.92 Å². The number of nitrogens with zero attached hydrogens (tertiary/aromatic N) is 1. The van der Waals surface area contributed by atoms with Gasteiger partial charge in [-0.1, -0.05) is 91.0 Å². The lowest BCUT2D eigenvalue weighted by Gasteiger charge is -2.26. The van der Waals surface area contributed by atoms with Crippen LogP contribution in [0.4, 0.5) is 5.69 Å². The monoisotopic (exact) mass is 526 g/mol. The molecule has 4 aromatic carbocycles. The minimum absolute atomic E-state index is 0.157. The van der Waals surface area contributed by atoms with Crippen molar-refractivity contribution in [2.45, 2.75) is 19.8 Å². The topological polar surface area (TPSA) is 83.6 Å². The Hall–Kier alpha value is -4.23. The fourth-order valence-corrected chi connectivity index (χ4v) is 5.14.